The Morgan fingerprint density at radius 2 is 2.08 bits per heavy atom. The number of likely N-dealkylation sites (tertiary alicyclic amines) is 1. The fourth-order valence-electron chi connectivity index (χ4n) is 2.94. The first-order valence-corrected chi connectivity index (χ1v) is 7.82. The van der Waals surface area contributed by atoms with Gasteiger partial charge in [-0.05, 0) is 26.1 Å². The van der Waals surface area contributed by atoms with E-state index < -0.39 is 12.8 Å². The van der Waals surface area contributed by atoms with Crippen molar-refractivity contribution < 1.29 is 22.7 Å². The molecular weight excluding hydrogens is 323 g/mol. The number of alkyl halides is 3. The number of halogens is 3. The van der Waals surface area contributed by atoms with E-state index in [0.717, 1.165) is 6.42 Å². The third-order valence-corrected chi connectivity index (χ3v) is 4.25. The summed E-state index contributed by atoms with van der Waals surface area (Å²) in [6, 6.07) is 3.04. The van der Waals surface area contributed by atoms with E-state index in [1.807, 2.05) is 14.1 Å². The molecule has 0 aromatic carbocycles. The van der Waals surface area contributed by atoms with Crippen LogP contribution in [0.15, 0.2) is 18.3 Å². The SMILES string of the molecule is CC[C@@H]1CN(C(=O)c2ccc(OCC(F)(F)F)nc2)C[C@H]1N(C)C. The molecule has 1 aliphatic rings. The van der Waals surface area contributed by atoms with Crippen molar-refractivity contribution in [3.8, 4) is 5.88 Å². The third kappa shape index (κ3) is 4.59. The molecule has 0 aliphatic carbocycles. The van der Waals surface area contributed by atoms with Gasteiger partial charge < -0.3 is 14.5 Å². The predicted molar refractivity (Wildman–Crippen MR) is 82.9 cm³/mol. The minimum atomic E-state index is -4.41. The lowest BCUT2D eigenvalue weighted by Crippen LogP contribution is -2.36. The first-order chi connectivity index (χ1) is 11.2. The Kier molecular flexibility index (Phi) is 5.69. The Morgan fingerprint density at radius 3 is 2.54 bits per heavy atom. The van der Waals surface area contributed by atoms with Gasteiger partial charge in [-0.1, -0.05) is 13.3 Å². The van der Waals surface area contributed by atoms with E-state index in [0.29, 0.717) is 30.6 Å². The first-order valence-electron chi connectivity index (χ1n) is 7.82. The van der Waals surface area contributed by atoms with E-state index in [1.165, 1.54) is 18.3 Å². The monoisotopic (exact) mass is 345 g/mol. The van der Waals surface area contributed by atoms with Gasteiger partial charge in [0, 0.05) is 31.4 Å². The molecule has 0 N–H and O–H groups in total. The second-order valence-electron chi connectivity index (χ2n) is 6.20. The lowest BCUT2D eigenvalue weighted by atomic mass is 10.0. The molecule has 1 amide bonds. The van der Waals surface area contributed by atoms with Crippen molar-refractivity contribution in [3.05, 3.63) is 23.9 Å². The summed E-state index contributed by atoms with van der Waals surface area (Å²) in [6.07, 6.45) is -2.17. The molecule has 1 fully saturated rings. The number of rotatable bonds is 5. The topological polar surface area (TPSA) is 45.7 Å². The molecule has 134 valence electrons. The molecular formula is C16H22F3N3O2. The average molecular weight is 345 g/mol. The van der Waals surface area contributed by atoms with Gasteiger partial charge in [0.1, 0.15) is 0 Å². The number of amides is 1. The molecule has 2 atom stereocenters. The van der Waals surface area contributed by atoms with Crippen LogP contribution in [0.2, 0.25) is 0 Å². The summed E-state index contributed by atoms with van der Waals surface area (Å²) in [6.45, 7) is 2.01. The molecule has 1 saturated heterocycles. The van der Waals surface area contributed by atoms with E-state index in [1.54, 1.807) is 4.90 Å². The van der Waals surface area contributed by atoms with E-state index in [-0.39, 0.29) is 11.8 Å². The summed E-state index contributed by atoms with van der Waals surface area (Å²) in [5, 5.41) is 0. The van der Waals surface area contributed by atoms with Crippen LogP contribution in [0.5, 0.6) is 5.88 Å². The number of hydrogen-bond acceptors (Lipinski definition) is 4. The van der Waals surface area contributed by atoms with Crippen molar-refractivity contribution >= 4 is 5.91 Å². The van der Waals surface area contributed by atoms with Crippen LogP contribution < -0.4 is 4.74 Å². The number of hydrogen-bond donors (Lipinski definition) is 0. The van der Waals surface area contributed by atoms with Gasteiger partial charge in [-0.15, -0.1) is 0 Å². The van der Waals surface area contributed by atoms with Crippen LogP contribution in [0.4, 0.5) is 13.2 Å². The quantitative estimate of drug-likeness (QED) is 0.822. The summed E-state index contributed by atoms with van der Waals surface area (Å²) in [4.78, 5) is 20.2. The van der Waals surface area contributed by atoms with Gasteiger partial charge in [0.2, 0.25) is 5.88 Å². The molecule has 0 radical (unpaired) electrons. The molecule has 1 aromatic heterocycles. The zero-order chi connectivity index (χ0) is 17.9. The van der Waals surface area contributed by atoms with Crippen LogP contribution >= 0.6 is 0 Å². The lowest BCUT2D eigenvalue weighted by Gasteiger charge is -2.23. The van der Waals surface area contributed by atoms with Crippen molar-refractivity contribution in [1.82, 2.24) is 14.8 Å². The largest absolute Gasteiger partial charge is 0.468 e. The second kappa shape index (κ2) is 7.38. The zero-order valence-electron chi connectivity index (χ0n) is 14.0. The van der Waals surface area contributed by atoms with E-state index >= 15 is 0 Å². The number of ether oxygens (including phenoxy) is 1. The van der Waals surface area contributed by atoms with Gasteiger partial charge in [0.15, 0.2) is 6.61 Å². The summed E-state index contributed by atoms with van der Waals surface area (Å²) >= 11 is 0. The molecule has 24 heavy (non-hydrogen) atoms. The number of aromatic nitrogens is 1. The molecule has 0 unspecified atom stereocenters. The Balaban J connectivity index is 2.00. The minimum Gasteiger partial charge on any atom is -0.468 e. The molecule has 0 spiro atoms. The van der Waals surface area contributed by atoms with Crippen molar-refractivity contribution in [2.24, 2.45) is 5.92 Å². The number of nitrogens with zero attached hydrogens (tertiary/aromatic N) is 3. The number of pyridine rings is 1. The van der Waals surface area contributed by atoms with Crippen molar-refractivity contribution in [2.45, 2.75) is 25.6 Å². The van der Waals surface area contributed by atoms with E-state index in [9.17, 15) is 18.0 Å². The smallest absolute Gasteiger partial charge is 0.422 e. The second-order valence-corrected chi connectivity index (χ2v) is 6.20. The minimum absolute atomic E-state index is 0.150. The van der Waals surface area contributed by atoms with E-state index in [2.05, 4.69) is 21.5 Å². The highest BCUT2D eigenvalue weighted by Gasteiger charge is 2.35. The Bertz CT molecular complexity index is 561. The molecule has 0 bridgehead atoms. The number of carbonyl (C=O) groups excluding carboxylic acids is 1. The third-order valence-electron chi connectivity index (χ3n) is 4.25. The summed E-state index contributed by atoms with van der Waals surface area (Å²) in [7, 11) is 3.99. The van der Waals surface area contributed by atoms with Gasteiger partial charge in [0.05, 0.1) is 5.56 Å². The predicted octanol–water partition coefficient (Wildman–Crippen LogP) is 2.43. The fraction of sp³-hybridized carbons (Fsp3) is 0.625. The van der Waals surface area contributed by atoms with Crippen molar-refractivity contribution in [2.75, 3.05) is 33.8 Å². The highest BCUT2D eigenvalue weighted by atomic mass is 19.4. The van der Waals surface area contributed by atoms with Gasteiger partial charge >= 0.3 is 6.18 Å². The van der Waals surface area contributed by atoms with Crippen molar-refractivity contribution in [3.63, 3.8) is 0 Å². The Labute approximate surface area is 139 Å². The summed E-state index contributed by atoms with van der Waals surface area (Å²) < 4.78 is 40.9. The van der Waals surface area contributed by atoms with Gasteiger partial charge in [-0.3, -0.25) is 4.79 Å². The van der Waals surface area contributed by atoms with Crippen LogP contribution in [0.25, 0.3) is 0 Å². The Hall–Kier alpha value is -1.83. The molecule has 8 heteroatoms. The average Bonchev–Trinajstić information content (AvgIpc) is 2.96. The standard InChI is InChI=1S/C16H22F3N3O2/c1-4-11-8-22(9-13(11)21(2)3)15(23)12-5-6-14(20-7-12)24-10-16(17,18)19/h5-7,11,13H,4,8-10H2,1-3H3/t11-,13-/m1/s1. The van der Waals surface area contributed by atoms with Crippen LogP contribution in [-0.4, -0.2) is 66.7 Å². The Morgan fingerprint density at radius 1 is 1.38 bits per heavy atom. The normalized spacial score (nSPS) is 21.4. The maximum absolute atomic E-state index is 12.6. The van der Waals surface area contributed by atoms with Crippen LogP contribution in [0, 0.1) is 5.92 Å². The van der Waals surface area contributed by atoms with Gasteiger partial charge in [0.25, 0.3) is 5.91 Å². The van der Waals surface area contributed by atoms with Crippen molar-refractivity contribution in [1.29, 1.82) is 0 Å². The van der Waals surface area contributed by atoms with Crippen LogP contribution in [-0.2, 0) is 0 Å². The van der Waals surface area contributed by atoms with Crippen LogP contribution in [0.1, 0.15) is 23.7 Å². The fourth-order valence-corrected chi connectivity index (χ4v) is 2.94. The number of carbonyl (C=O) groups is 1. The van der Waals surface area contributed by atoms with Crippen LogP contribution in [0.3, 0.4) is 0 Å². The first kappa shape index (κ1) is 18.5. The zero-order valence-corrected chi connectivity index (χ0v) is 14.0. The maximum Gasteiger partial charge on any atom is 0.422 e. The molecule has 1 aromatic rings. The maximum atomic E-state index is 12.6. The molecule has 2 heterocycles. The number of likely N-dealkylation sites (N-methyl/N-ethyl adjacent to an activating group) is 1. The van der Waals surface area contributed by atoms with Gasteiger partial charge in [-0.2, -0.15) is 13.2 Å². The highest BCUT2D eigenvalue weighted by Crippen LogP contribution is 2.25. The van der Waals surface area contributed by atoms with Gasteiger partial charge in [-0.25, -0.2) is 4.98 Å². The van der Waals surface area contributed by atoms with E-state index in [4.69, 9.17) is 0 Å². The molecule has 0 saturated carbocycles. The summed E-state index contributed by atoms with van der Waals surface area (Å²) in [5.74, 6) is 0.0990. The molecule has 2 rings (SSSR count). The summed E-state index contributed by atoms with van der Waals surface area (Å²) in [5.41, 5.74) is 0.351. The molecule has 5 nitrogen and oxygen atoms in total. The highest BCUT2D eigenvalue weighted by molar-refractivity contribution is 5.94. The molecule has 1 aliphatic heterocycles. The lowest BCUT2D eigenvalue weighted by molar-refractivity contribution is -0.154.